The molecule has 0 aromatic carbocycles. The van der Waals surface area contributed by atoms with Crippen LogP contribution in [-0.4, -0.2) is 74.4 Å². The van der Waals surface area contributed by atoms with E-state index in [0.717, 1.165) is 0 Å². The molecule has 1 fully saturated rings. The fraction of sp³-hybridized carbons (Fsp3) is 0.714. The summed E-state index contributed by atoms with van der Waals surface area (Å²) in [7, 11) is 0.704. The standard InChI is InChI=1S/C8H14BNO4.C6H10BO3/c1-3-14-8(12)6-4-10(9(2)13)5-7(6)11;1-2-10-6(9)3-4-7-5-8/h6,13H,3-5H2,1-2H3;5H,2-4H2,1H3. The molecule has 1 aliphatic heterocycles. The number of Topliss-reactive ketones (excluding diaryl/α,β-unsaturated/α-hetero) is 1. The smallest absolute Gasteiger partial charge is 0.376 e. The van der Waals surface area contributed by atoms with Crippen LogP contribution in [-0.2, 0) is 28.7 Å². The summed E-state index contributed by atoms with van der Waals surface area (Å²) in [6.45, 7) is 6.08. The van der Waals surface area contributed by atoms with Gasteiger partial charge >= 0.3 is 19.0 Å². The summed E-state index contributed by atoms with van der Waals surface area (Å²) >= 11 is 0. The number of hydrogen-bond acceptors (Lipinski definition) is 8. The number of ether oxygens (including phenoxy) is 2. The number of hydrogen-bond donors (Lipinski definition) is 1. The Kier molecular flexibility index (Phi) is 11.8. The van der Waals surface area contributed by atoms with Crippen molar-refractivity contribution in [3.8, 4) is 0 Å². The zero-order valence-electron chi connectivity index (χ0n) is 14.4. The zero-order valence-corrected chi connectivity index (χ0v) is 14.4. The number of carbonyl (C=O) groups excluding carboxylic acids is 4. The van der Waals surface area contributed by atoms with Crippen molar-refractivity contribution in [2.45, 2.75) is 33.4 Å². The first kappa shape index (κ1) is 22.3. The average Bonchev–Trinajstić information content (AvgIpc) is 2.91. The monoisotopic (exact) mass is 340 g/mol. The maximum Gasteiger partial charge on any atom is 0.376 e. The van der Waals surface area contributed by atoms with Crippen molar-refractivity contribution in [1.82, 2.24) is 4.81 Å². The average molecular weight is 340 g/mol. The van der Waals surface area contributed by atoms with Crippen LogP contribution in [0.5, 0.6) is 0 Å². The van der Waals surface area contributed by atoms with E-state index >= 15 is 0 Å². The molecular weight excluding hydrogens is 316 g/mol. The van der Waals surface area contributed by atoms with Crippen molar-refractivity contribution >= 4 is 38.2 Å². The predicted molar refractivity (Wildman–Crippen MR) is 89.1 cm³/mol. The molecule has 0 aromatic rings. The second-order valence-electron chi connectivity index (χ2n) is 5.05. The first-order valence-electron chi connectivity index (χ1n) is 7.91. The van der Waals surface area contributed by atoms with Gasteiger partial charge in [0.1, 0.15) is 5.92 Å². The molecule has 1 radical (unpaired) electrons. The van der Waals surface area contributed by atoms with Gasteiger partial charge in [-0.25, -0.2) is 0 Å². The molecule has 0 saturated carbocycles. The lowest BCUT2D eigenvalue weighted by atomic mass is 9.76. The van der Waals surface area contributed by atoms with Gasteiger partial charge in [-0.1, -0.05) is 6.32 Å². The molecule has 0 aromatic heterocycles. The summed E-state index contributed by atoms with van der Waals surface area (Å²) in [5, 5.41) is 9.22. The van der Waals surface area contributed by atoms with Crippen LogP contribution >= 0.6 is 0 Å². The Labute approximate surface area is 143 Å². The van der Waals surface area contributed by atoms with E-state index in [4.69, 9.17) is 4.74 Å². The maximum atomic E-state index is 11.4. The molecule has 0 amide bonds. The fourth-order valence-corrected chi connectivity index (χ4v) is 1.95. The molecule has 8 nitrogen and oxygen atoms in total. The lowest BCUT2D eigenvalue weighted by molar-refractivity contribution is -0.150. The molecule has 10 heteroatoms. The van der Waals surface area contributed by atoms with Gasteiger partial charge in [0.15, 0.2) is 13.1 Å². The number of nitrogens with zero attached hydrogens (tertiary/aromatic N) is 1. The summed E-state index contributed by atoms with van der Waals surface area (Å²) in [4.78, 5) is 44.5. The zero-order chi connectivity index (χ0) is 18.5. The van der Waals surface area contributed by atoms with Crippen molar-refractivity contribution in [3.05, 3.63) is 0 Å². The SMILES string of the molecule is CCOC(=O)C1CN(B(C)O)CC1=O.CCOC(=O)CC[B]C=O. The summed E-state index contributed by atoms with van der Waals surface area (Å²) in [5.74, 6) is -1.63. The van der Waals surface area contributed by atoms with Gasteiger partial charge in [-0.2, -0.15) is 0 Å². The molecule has 1 unspecified atom stereocenters. The van der Waals surface area contributed by atoms with Gasteiger partial charge in [0.05, 0.1) is 25.9 Å². The molecule has 0 bridgehead atoms. The third-order valence-corrected chi connectivity index (χ3v) is 3.18. The van der Waals surface area contributed by atoms with Crippen LogP contribution in [0.3, 0.4) is 0 Å². The van der Waals surface area contributed by atoms with E-state index in [9.17, 15) is 24.2 Å². The van der Waals surface area contributed by atoms with Gasteiger partial charge in [0.2, 0.25) is 0 Å². The van der Waals surface area contributed by atoms with Crippen molar-refractivity contribution in [2.75, 3.05) is 26.3 Å². The van der Waals surface area contributed by atoms with Crippen LogP contribution in [0.4, 0.5) is 0 Å². The van der Waals surface area contributed by atoms with Crippen molar-refractivity contribution < 1.29 is 33.7 Å². The van der Waals surface area contributed by atoms with Gasteiger partial charge in [-0.3, -0.25) is 14.4 Å². The summed E-state index contributed by atoms with van der Waals surface area (Å²) in [6, 6.07) is 0. The highest BCUT2D eigenvalue weighted by molar-refractivity contribution is 6.66. The third-order valence-electron chi connectivity index (χ3n) is 3.18. The first-order valence-corrected chi connectivity index (χ1v) is 7.91. The predicted octanol–water partition coefficient (Wildman–Crippen LogP) is -0.587. The largest absolute Gasteiger partial charge is 0.466 e. The molecule has 1 saturated heterocycles. The molecule has 1 atom stereocenters. The minimum atomic E-state index is -0.718. The molecule has 1 aliphatic rings. The molecule has 1 heterocycles. The molecule has 24 heavy (non-hydrogen) atoms. The fourth-order valence-electron chi connectivity index (χ4n) is 1.95. The highest BCUT2D eigenvalue weighted by Gasteiger charge is 2.39. The molecule has 0 aliphatic carbocycles. The van der Waals surface area contributed by atoms with Gasteiger partial charge in [-0.05, 0) is 20.7 Å². The van der Waals surface area contributed by atoms with Crippen LogP contribution < -0.4 is 0 Å². The first-order chi connectivity index (χ1) is 11.4. The Hall–Kier alpha value is -1.67. The Bertz CT molecular complexity index is 431. The van der Waals surface area contributed by atoms with Crippen molar-refractivity contribution in [1.29, 1.82) is 0 Å². The normalized spacial score (nSPS) is 16.7. The van der Waals surface area contributed by atoms with E-state index in [1.165, 1.54) is 7.28 Å². The number of esters is 2. The number of carbonyl (C=O) groups is 4. The highest BCUT2D eigenvalue weighted by atomic mass is 16.5. The van der Waals surface area contributed by atoms with E-state index in [-0.39, 0.29) is 31.4 Å². The number of rotatable bonds is 8. The van der Waals surface area contributed by atoms with Crippen LogP contribution in [0.25, 0.3) is 0 Å². The summed E-state index contributed by atoms with van der Waals surface area (Å²) in [5.41, 5.74) is 0. The van der Waals surface area contributed by atoms with Crippen LogP contribution in [0.1, 0.15) is 20.3 Å². The van der Waals surface area contributed by atoms with Gasteiger partial charge in [0.25, 0.3) is 0 Å². The van der Waals surface area contributed by atoms with E-state index in [1.807, 2.05) is 0 Å². The van der Waals surface area contributed by atoms with E-state index in [1.54, 1.807) is 25.5 Å². The maximum absolute atomic E-state index is 11.4. The minimum Gasteiger partial charge on any atom is -0.466 e. The van der Waals surface area contributed by atoms with E-state index < -0.39 is 18.9 Å². The summed E-state index contributed by atoms with van der Waals surface area (Å²) < 4.78 is 9.37. The van der Waals surface area contributed by atoms with E-state index in [0.29, 0.717) is 25.5 Å². The highest BCUT2D eigenvalue weighted by Crippen LogP contribution is 2.14. The lowest BCUT2D eigenvalue weighted by Crippen LogP contribution is -2.35. The van der Waals surface area contributed by atoms with Crippen molar-refractivity contribution in [3.63, 3.8) is 0 Å². The van der Waals surface area contributed by atoms with Crippen LogP contribution in [0.15, 0.2) is 0 Å². The summed E-state index contributed by atoms with van der Waals surface area (Å²) in [6.07, 6.45) is 1.45. The topological polar surface area (TPSA) is 110 Å². The Balaban J connectivity index is 0.000000470. The molecular formula is C14H24B2NO7. The number of ketones is 1. The van der Waals surface area contributed by atoms with Crippen LogP contribution in [0.2, 0.25) is 13.1 Å². The van der Waals surface area contributed by atoms with Crippen LogP contribution in [0, 0.1) is 5.92 Å². The lowest BCUT2D eigenvalue weighted by Gasteiger charge is -2.14. The van der Waals surface area contributed by atoms with Gasteiger partial charge in [-0.15, -0.1) is 0 Å². The molecule has 0 spiro atoms. The molecule has 133 valence electrons. The molecule has 1 N–H and O–H groups in total. The Morgan fingerprint density at radius 3 is 2.46 bits per heavy atom. The third kappa shape index (κ3) is 8.83. The molecule has 1 rings (SSSR count). The Morgan fingerprint density at radius 2 is 2.00 bits per heavy atom. The van der Waals surface area contributed by atoms with E-state index in [2.05, 4.69) is 4.74 Å². The van der Waals surface area contributed by atoms with Gasteiger partial charge < -0.3 is 24.1 Å². The second-order valence-corrected chi connectivity index (χ2v) is 5.05. The minimum absolute atomic E-state index is 0.126. The second kappa shape index (κ2) is 12.7. The quantitative estimate of drug-likeness (QED) is 0.205. The van der Waals surface area contributed by atoms with Crippen molar-refractivity contribution in [2.24, 2.45) is 5.92 Å². The Morgan fingerprint density at radius 1 is 1.38 bits per heavy atom. The van der Waals surface area contributed by atoms with Gasteiger partial charge in [0, 0.05) is 13.0 Å².